The summed E-state index contributed by atoms with van der Waals surface area (Å²) in [6.07, 6.45) is -1.17. The summed E-state index contributed by atoms with van der Waals surface area (Å²) in [4.78, 5) is 38.9. The Morgan fingerprint density at radius 3 is 2.10 bits per heavy atom. The highest BCUT2D eigenvalue weighted by Crippen LogP contribution is 2.39. The van der Waals surface area contributed by atoms with Gasteiger partial charge in [-0.25, -0.2) is 9.59 Å². The average molecular weight is 584 g/mol. The van der Waals surface area contributed by atoms with Crippen molar-refractivity contribution >= 4 is 41.4 Å². The van der Waals surface area contributed by atoms with E-state index in [2.05, 4.69) is 10.6 Å². The van der Waals surface area contributed by atoms with E-state index in [0.717, 1.165) is 17.0 Å². The number of ether oxygens (including phenoxy) is 3. The predicted octanol–water partition coefficient (Wildman–Crippen LogP) is 4.76. The zero-order valence-corrected chi connectivity index (χ0v) is 24.6. The van der Waals surface area contributed by atoms with Crippen LogP contribution in [-0.4, -0.2) is 66.5 Å². The van der Waals surface area contributed by atoms with Crippen LogP contribution in [0, 0.1) is 0 Å². The van der Waals surface area contributed by atoms with E-state index in [-0.39, 0.29) is 37.8 Å². The lowest BCUT2D eigenvalue weighted by molar-refractivity contribution is -0.149. The highest BCUT2D eigenvalue weighted by molar-refractivity contribution is 6.42. The first kappa shape index (κ1) is 30.6. The number of esters is 1. The fourth-order valence-corrected chi connectivity index (χ4v) is 4.68. The maximum absolute atomic E-state index is 12.4. The van der Waals surface area contributed by atoms with E-state index < -0.39 is 18.3 Å². The number of hydrogen-bond acceptors (Lipinski definition) is 7. The molecule has 1 atom stereocenters. The highest BCUT2D eigenvalue weighted by atomic mass is 35.5. The number of aromatic nitrogens is 1. The Balaban J connectivity index is 2.04. The van der Waals surface area contributed by atoms with Gasteiger partial charge in [0.1, 0.15) is 19.3 Å². The van der Waals surface area contributed by atoms with Crippen molar-refractivity contribution in [2.24, 2.45) is 0 Å². The first-order valence-corrected chi connectivity index (χ1v) is 13.5. The molecule has 2 heterocycles. The molecular formula is C27H36Cl2N4O6. The summed E-state index contributed by atoms with van der Waals surface area (Å²) >= 11 is 12.6. The number of carbonyl (C=O) groups excluding carboxylic acids is 3. The molecule has 0 saturated carbocycles. The fourth-order valence-electron chi connectivity index (χ4n) is 4.39. The number of hydrogen-bond donors (Lipinski definition) is 2. The lowest BCUT2D eigenvalue weighted by atomic mass is 10.0. The van der Waals surface area contributed by atoms with Crippen LogP contribution in [0.15, 0.2) is 18.2 Å². The van der Waals surface area contributed by atoms with E-state index in [4.69, 9.17) is 37.4 Å². The van der Waals surface area contributed by atoms with E-state index in [1.165, 1.54) is 0 Å². The summed E-state index contributed by atoms with van der Waals surface area (Å²) in [5, 5.41) is 6.17. The van der Waals surface area contributed by atoms with Crippen LogP contribution in [0.3, 0.4) is 0 Å². The van der Waals surface area contributed by atoms with Crippen molar-refractivity contribution in [3.05, 3.63) is 45.1 Å². The number of rotatable bonds is 10. The van der Waals surface area contributed by atoms with Crippen LogP contribution in [0.4, 0.5) is 9.59 Å². The summed E-state index contributed by atoms with van der Waals surface area (Å²) in [5.74, 6) is -0.338. The molecule has 0 radical (unpaired) electrons. The molecular weight excluding hydrogens is 547 g/mol. The molecule has 0 bridgehead atoms. The van der Waals surface area contributed by atoms with Crippen molar-refractivity contribution in [2.45, 2.75) is 72.1 Å². The SMILES string of the molecule is CC(C)NC(=O)OCc1c(COC(=O)NC(C)C)c(-c2ccc(Cl)c(Cl)c2)n2c1C[C@H](OC(=O)CN(C)C)C2. The minimum Gasteiger partial charge on any atom is -0.459 e. The number of alkyl carbamates (subject to hydrolysis) is 2. The summed E-state index contributed by atoms with van der Waals surface area (Å²) in [6.45, 7) is 7.70. The zero-order valence-electron chi connectivity index (χ0n) is 23.1. The number of benzene rings is 1. The molecule has 214 valence electrons. The largest absolute Gasteiger partial charge is 0.459 e. The molecule has 2 aromatic rings. The van der Waals surface area contributed by atoms with E-state index in [0.29, 0.717) is 34.1 Å². The average Bonchev–Trinajstić information content (AvgIpc) is 3.32. The van der Waals surface area contributed by atoms with Gasteiger partial charge in [-0.1, -0.05) is 29.3 Å². The number of fused-ring (bicyclic) bond motifs is 1. The summed E-state index contributed by atoms with van der Waals surface area (Å²) in [6, 6.07) is 5.02. The molecule has 0 fully saturated rings. The van der Waals surface area contributed by atoms with Crippen LogP contribution in [0.2, 0.25) is 10.0 Å². The van der Waals surface area contributed by atoms with Gasteiger partial charge in [-0.15, -0.1) is 0 Å². The van der Waals surface area contributed by atoms with Crippen molar-refractivity contribution in [1.82, 2.24) is 20.1 Å². The van der Waals surface area contributed by atoms with Gasteiger partial charge in [-0.2, -0.15) is 0 Å². The van der Waals surface area contributed by atoms with Crippen LogP contribution >= 0.6 is 23.2 Å². The number of nitrogens with zero attached hydrogens (tertiary/aromatic N) is 2. The molecule has 2 N–H and O–H groups in total. The van der Waals surface area contributed by atoms with Gasteiger partial charge in [0.05, 0.1) is 28.8 Å². The monoisotopic (exact) mass is 582 g/mol. The lowest BCUT2D eigenvalue weighted by Crippen LogP contribution is -2.31. The van der Waals surface area contributed by atoms with Crippen LogP contribution in [-0.2, 0) is 45.2 Å². The van der Waals surface area contributed by atoms with Crippen LogP contribution in [0.1, 0.15) is 44.5 Å². The van der Waals surface area contributed by atoms with Crippen molar-refractivity contribution in [3.63, 3.8) is 0 Å². The molecule has 12 heteroatoms. The second-order valence-electron chi connectivity index (χ2n) is 10.3. The minimum atomic E-state index is -0.573. The maximum Gasteiger partial charge on any atom is 0.407 e. The standard InChI is InChI=1S/C27H36Cl2N4O6/c1-15(2)30-26(35)37-13-19-20(14-38-27(36)31-16(3)4)25(17-7-8-21(28)22(29)9-17)33-11-18(10-23(19)33)39-24(34)12-32(5)6/h7-9,15-16,18H,10-14H2,1-6H3,(H,30,35)(H,31,36)/t18-/m0/s1. The Kier molecular flexibility index (Phi) is 10.5. The lowest BCUT2D eigenvalue weighted by Gasteiger charge is -2.17. The van der Waals surface area contributed by atoms with Crippen molar-refractivity contribution < 1.29 is 28.6 Å². The number of amides is 2. The molecule has 1 aliphatic rings. The first-order chi connectivity index (χ1) is 18.3. The topological polar surface area (TPSA) is 111 Å². The smallest absolute Gasteiger partial charge is 0.407 e. The molecule has 0 aliphatic carbocycles. The maximum atomic E-state index is 12.4. The van der Waals surface area contributed by atoms with Gasteiger partial charge in [0.2, 0.25) is 0 Å². The van der Waals surface area contributed by atoms with Gasteiger partial charge in [-0.05, 0) is 53.9 Å². The first-order valence-electron chi connectivity index (χ1n) is 12.7. The Bertz CT molecular complexity index is 1210. The van der Waals surface area contributed by atoms with Gasteiger partial charge in [0.25, 0.3) is 0 Å². The second-order valence-corrected chi connectivity index (χ2v) is 11.1. The van der Waals surface area contributed by atoms with E-state index in [1.807, 2.05) is 38.3 Å². The Morgan fingerprint density at radius 1 is 0.974 bits per heavy atom. The molecule has 39 heavy (non-hydrogen) atoms. The number of likely N-dealkylation sites (N-methyl/N-ethyl adjacent to an activating group) is 1. The quantitative estimate of drug-likeness (QED) is 0.307. The van der Waals surface area contributed by atoms with E-state index in [1.54, 1.807) is 31.1 Å². The molecule has 1 aromatic carbocycles. The summed E-state index contributed by atoms with van der Waals surface area (Å²) in [5.41, 5.74) is 3.61. The number of halogens is 2. The second kappa shape index (κ2) is 13.4. The van der Waals surface area contributed by atoms with E-state index in [9.17, 15) is 14.4 Å². The third-order valence-corrected chi connectivity index (χ3v) is 6.59. The predicted molar refractivity (Wildman–Crippen MR) is 149 cm³/mol. The van der Waals surface area contributed by atoms with Gasteiger partial charge in [0, 0.05) is 40.9 Å². The van der Waals surface area contributed by atoms with Gasteiger partial charge >= 0.3 is 18.2 Å². The Hall–Kier alpha value is -2.95. The van der Waals surface area contributed by atoms with E-state index >= 15 is 0 Å². The summed E-state index contributed by atoms with van der Waals surface area (Å²) < 4.78 is 18.9. The van der Waals surface area contributed by atoms with Gasteiger partial charge < -0.3 is 29.4 Å². The van der Waals surface area contributed by atoms with Crippen molar-refractivity contribution in [2.75, 3.05) is 20.6 Å². The molecule has 0 unspecified atom stereocenters. The van der Waals surface area contributed by atoms with Crippen LogP contribution in [0.25, 0.3) is 11.3 Å². The molecule has 10 nitrogen and oxygen atoms in total. The summed E-state index contributed by atoms with van der Waals surface area (Å²) in [7, 11) is 3.59. The molecule has 2 amide bonds. The van der Waals surface area contributed by atoms with Gasteiger partial charge in [0.15, 0.2) is 0 Å². The van der Waals surface area contributed by atoms with Gasteiger partial charge in [-0.3, -0.25) is 9.69 Å². The molecule has 1 aromatic heterocycles. The highest BCUT2D eigenvalue weighted by Gasteiger charge is 2.34. The number of carbonyl (C=O) groups is 3. The molecule has 3 rings (SSSR count). The third kappa shape index (κ3) is 8.27. The molecule has 0 spiro atoms. The molecule has 0 saturated heterocycles. The minimum absolute atomic E-state index is 0.0714. The molecule has 1 aliphatic heterocycles. The number of nitrogens with one attached hydrogen (secondary N) is 2. The van der Waals surface area contributed by atoms with Crippen LogP contribution in [0.5, 0.6) is 0 Å². The Morgan fingerprint density at radius 2 is 1.56 bits per heavy atom. The van der Waals surface area contributed by atoms with Crippen molar-refractivity contribution in [1.29, 1.82) is 0 Å². The van der Waals surface area contributed by atoms with Crippen LogP contribution < -0.4 is 10.6 Å². The third-order valence-electron chi connectivity index (χ3n) is 5.85. The fraction of sp³-hybridized carbons (Fsp3) is 0.519. The zero-order chi connectivity index (χ0) is 28.9. The van der Waals surface area contributed by atoms with Crippen molar-refractivity contribution in [3.8, 4) is 11.3 Å². The normalized spacial score (nSPS) is 14.5. The Labute approximate surface area is 238 Å².